The lowest BCUT2D eigenvalue weighted by molar-refractivity contribution is -0.168. The molecule has 114 valence electrons. The number of halogens is 4. The molecule has 0 saturated carbocycles. The van der Waals surface area contributed by atoms with Gasteiger partial charge in [-0.3, -0.25) is 9.48 Å². The van der Waals surface area contributed by atoms with Crippen molar-refractivity contribution >= 4 is 5.78 Å². The number of alkyl halides is 4. The Bertz CT molecular complexity index is 460. The van der Waals surface area contributed by atoms with E-state index in [1.165, 1.54) is 4.68 Å². The van der Waals surface area contributed by atoms with E-state index in [2.05, 4.69) is 9.84 Å². The molecular weight excluding hydrogens is 280 g/mol. The lowest BCUT2D eigenvalue weighted by Gasteiger charge is -2.14. The second-order valence-corrected chi connectivity index (χ2v) is 4.37. The van der Waals surface area contributed by atoms with E-state index in [1.807, 2.05) is 6.92 Å². The van der Waals surface area contributed by atoms with Gasteiger partial charge in [0.15, 0.2) is 5.78 Å². The number of hydrogen-bond donors (Lipinski definition) is 0. The fourth-order valence-electron chi connectivity index (χ4n) is 1.53. The van der Waals surface area contributed by atoms with E-state index in [-0.39, 0.29) is 6.42 Å². The Morgan fingerprint density at radius 1 is 1.50 bits per heavy atom. The molecule has 0 radical (unpaired) electrons. The van der Waals surface area contributed by atoms with Crippen molar-refractivity contribution in [2.45, 2.75) is 32.1 Å². The van der Waals surface area contributed by atoms with Crippen LogP contribution in [0.3, 0.4) is 0 Å². The summed E-state index contributed by atoms with van der Waals surface area (Å²) in [5.74, 6) is -4.71. The van der Waals surface area contributed by atoms with E-state index in [1.54, 1.807) is 13.1 Å². The van der Waals surface area contributed by atoms with Gasteiger partial charge < -0.3 is 4.74 Å². The lowest BCUT2D eigenvalue weighted by Crippen LogP contribution is -2.33. The number of nitrogens with zero attached hydrogens (tertiary/aromatic N) is 2. The van der Waals surface area contributed by atoms with Crippen LogP contribution in [0.1, 0.15) is 18.3 Å². The zero-order valence-electron chi connectivity index (χ0n) is 11.2. The van der Waals surface area contributed by atoms with E-state index >= 15 is 0 Å². The molecule has 0 N–H and O–H groups in total. The van der Waals surface area contributed by atoms with Crippen molar-refractivity contribution in [1.29, 1.82) is 0 Å². The second kappa shape index (κ2) is 6.83. The molecule has 0 spiro atoms. The summed E-state index contributed by atoms with van der Waals surface area (Å²) in [5, 5.41) is 4.13. The van der Waals surface area contributed by atoms with Gasteiger partial charge >= 0.3 is 12.3 Å². The predicted molar refractivity (Wildman–Crippen MR) is 63.1 cm³/mol. The van der Waals surface area contributed by atoms with Crippen LogP contribution in [0.4, 0.5) is 17.6 Å². The minimum atomic E-state index is -4.23. The summed E-state index contributed by atoms with van der Waals surface area (Å²) in [7, 11) is 1.66. The minimum absolute atomic E-state index is 0.0379. The van der Waals surface area contributed by atoms with Crippen LogP contribution in [0.2, 0.25) is 0 Å². The first-order chi connectivity index (χ1) is 9.26. The molecule has 0 amide bonds. The van der Waals surface area contributed by atoms with Gasteiger partial charge in [0.1, 0.15) is 13.2 Å². The third-order valence-electron chi connectivity index (χ3n) is 2.64. The van der Waals surface area contributed by atoms with Gasteiger partial charge in [0.25, 0.3) is 0 Å². The predicted octanol–water partition coefficient (Wildman–Crippen LogP) is 2.01. The topological polar surface area (TPSA) is 44.1 Å². The summed E-state index contributed by atoms with van der Waals surface area (Å²) in [6.45, 7) is -0.194. The van der Waals surface area contributed by atoms with Gasteiger partial charge in [-0.15, -0.1) is 0 Å². The normalized spacial score (nSPS) is 12.2. The number of hydrogen-bond acceptors (Lipinski definition) is 3. The molecule has 0 unspecified atom stereocenters. The zero-order valence-corrected chi connectivity index (χ0v) is 11.2. The van der Waals surface area contributed by atoms with Gasteiger partial charge in [-0.05, 0) is 12.5 Å². The van der Waals surface area contributed by atoms with Crippen LogP contribution in [0.15, 0.2) is 6.07 Å². The maximum atomic E-state index is 12.5. The minimum Gasteiger partial charge on any atom is -0.367 e. The van der Waals surface area contributed by atoms with E-state index in [0.29, 0.717) is 12.1 Å². The van der Waals surface area contributed by atoms with Crippen LogP contribution in [0, 0.1) is 0 Å². The Morgan fingerprint density at radius 2 is 2.15 bits per heavy atom. The molecule has 0 atom stereocenters. The smallest absolute Gasteiger partial charge is 0.330 e. The Balaban J connectivity index is 2.42. The van der Waals surface area contributed by atoms with Crippen molar-refractivity contribution in [2.24, 2.45) is 7.05 Å². The van der Waals surface area contributed by atoms with Crippen molar-refractivity contribution in [3.05, 3.63) is 17.5 Å². The van der Waals surface area contributed by atoms with Gasteiger partial charge in [-0.1, -0.05) is 6.92 Å². The largest absolute Gasteiger partial charge is 0.367 e. The van der Waals surface area contributed by atoms with Crippen LogP contribution >= 0.6 is 0 Å². The van der Waals surface area contributed by atoms with Crippen molar-refractivity contribution in [1.82, 2.24) is 9.78 Å². The van der Waals surface area contributed by atoms with Crippen LogP contribution in [0.5, 0.6) is 0 Å². The molecule has 0 aliphatic rings. The maximum Gasteiger partial charge on any atom is 0.330 e. The number of aromatic nitrogens is 2. The molecule has 1 rings (SSSR count). The number of Topliss-reactive ketones (excluding diaryl/α,β-unsaturated/α-hetero) is 1. The van der Waals surface area contributed by atoms with Crippen molar-refractivity contribution in [2.75, 3.05) is 13.2 Å². The van der Waals surface area contributed by atoms with E-state index in [4.69, 9.17) is 0 Å². The third kappa shape index (κ3) is 4.59. The Morgan fingerprint density at radius 3 is 2.65 bits per heavy atom. The number of ether oxygens (including phenoxy) is 1. The SMILES string of the molecule is CCc1cc(CC(=O)COCC(F)(F)C(F)F)n(C)n1. The second-order valence-electron chi connectivity index (χ2n) is 4.37. The zero-order chi connectivity index (χ0) is 15.3. The van der Waals surface area contributed by atoms with Gasteiger partial charge in [0, 0.05) is 12.7 Å². The summed E-state index contributed by atoms with van der Waals surface area (Å²) >= 11 is 0. The molecule has 0 aliphatic heterocycles. The Kier molecular flexibility index (Phi) is 5.67. The average Bonchev–Trinajstić information content (AvgIpc) is 2.69. The first-order valence-electron chi connectivity index (χ1n) is 6.03. The highest BCUT2D eigenvalue weighted by Gasteiger charge is 2.41. The van der Waals surface area contributed by atoms with E-state index < -0.39 is 31.3 Å². The maximum absolute atomic E-state index is 12.5. The average molecular weight is 296 g/mol. The monoisotopic (exact) mass is 296 g/mol. The molecule has 0 aliphatic carbocycles. The number of aryl methyl sites for hydroxylation is 2. The summed E-state index contributed by atoms with van der Waals surface area (Å²) in [6, 6.07) is 1.73. The number of ketones is 1. The first kappa shape index (κ1) is 16.6. The van der Waals surface area contributed by atoms with Crippen molar-refractivity contribution in [3.63, 3.8) is 0 Å². The molecular formula is C12H16F4N2O2. The quantitative estimate of drug-likeness (QED) is 0.689. The molecule has 1 heterocycles. The number of carbonyl (C=O) groups excluding carboxylic acids is 1. The van der Waals surface area contributed by atoms with Crippen LogP contribution in [0.25, 0.3) is 0 Å². The van der Waals surface area contributed by atoms with Gasteiger partial charge in [-0.2, -0.15) is 13.9 Å². The molecule has 0 aromatic carbocycles. The van der Waals surface area contributed by atoms with Gasteiger partial charge in [0.2, 0.25) is 0 Å². The standard InChI is InChI=1S/C12H16F4N2O2/c1-3-8-4-9(18(2)17-8)5-10(19)6-20-7-12(15,16)11(13)14/h4,11H,3,5-7H2,1-2H3. The third-order valence-corrected chi connectivity index (χ3v) is 2.64. The molecule has 1 aromatic heterocycles. The lowest BCUT2D eigenvalue weighted by atomic mass is 10.2. The van der Waals surface area contributed by atoms with Gasteiger partial charge in [-0.25, -0.2) is 8.78 Å². The number of rotatable bonds is 8. The van der Waals surface area contributed by atoms with Crippen LogP contribution in [-0.2, 0) is 29.4 Å². The Labute approximate surface area is 113 Å². The first-order valence-corrected chi connectivity index (χ1v) is 6.03. The highest BCUT2D eigenvalue weighted by atomic mass is 19.3. The fraction of sp³-hybridized carbons (Fsp3) is 0.667. The molecule has 20 heavy (non-hydrogen) atoms. The molecule has 0 fully saturated rings. The van der Waals surface area contributed by atoms with E-state index in [0.717, 1.165) is 5.69 Å². The van der Waals surface area contributed by atoms with E-state index in [9.17, 15) is 22.4 Å². The highest BCUT2D eigenvalue weighted by Crippen LogP contribution is 2.22. The summed E-state index contributed by atoms with van der Waals surface area (Å²) in [6.07, 6.45) is -3.13. The summed E-state index contributed by atoms with van der Waals surface area (Å²) in [4.78, 5) is 11.5. The van der Waals surface area contributed by atoms with Crippen LogP contribution < -0.4 is 0 Å². The molecule has 1 aromatic rings. The van der Waals surface area contributed by atoms with Crippen LogP contribution in [-0.4, -0.2) is 41.1 Å². The summed E-state index contributed by atoms with van der Waals surface area (Å²) in [5.41, 5.74) is 1.43. The molecule has 0 saturated heterocycles. The highest BCUT2D eigenvalue weighted by molar-refractivity contribution is 5.81. The molecule has 4 nitrogen and oxygen atoms in total. The van der Waals surface area contributed by atoms with Crippen molar-refractivity contribution < 1.29 is 27.1 Å². The molecule has 8 heteroatoms. The van der Waals surface area contributed by atoms with Gasteiger partial charge in [0.05, 0.1) is 12.1 Å². The fourth-order valence-corrected chi connectivity index (χ4v) is 1.53. The molecule has 0 bridgehead atoms. The van der Waals surface area contributed by atoms with Crippen molar-refractivity contribution in [3.8, 4) is 0 Å². The Hall–Kier alpha value is -1.44. The number of carbonyl (C=O) groups is 1. The summed E-state index contributed by atoms with van der Waals surface area (Å²) < 4.78 is 54.7.